The van der Waals surface area contributed by atoms with E-state index in [1.54, 1.807) is 6.20 Å². The molecule has 0 amide bonds. The Balaban J connectivity index is 1.76. The van der Waals surface area contributed by atoms with Gasteiger partial charge in [-0.2, -0.15) is 0 Å². The number of hydrogen-bond donors (Lipinski definition) is 2. The molecule has 1 heterocycles. The molecule has 0 aliphatic heterocycles. The highest BCUT2D eigenvalue weighted by atomic mass is 32.1. The molecule has 0 unspecified atom stereocenters. The molecule has 0 aliphatic rings. The van der Waals surface area contributed by atoms with E-state index in [2.05, 4.69) is 58.8 Å². The van der Waals surface area contributed by atoms with Gasteiger partial charge in [-0.05, 0) is 55.9 Å². The Labute approximate surface area is 137 Å². The maximum atomic E-state index is 5.28. The van der Waals surface area contributed by atoms with Crippen molar-refractivity contribution in [2.75, 3.05) is 30.4 Å². The summed E-state index contributed by atoms with van der Waals surface area (Å²) in [5, 5.41) is 6.89. The summed E-state index contributed by atoms with van der Waals surface area (Å²) in [4.78, 5) is 6.42. The standard InChI is InChI=1S/C17H22N4S/c1-13-4-6-15(7-5-13)21(3)11-10-19-17(22)20-16-12-14(2)8-9-18-16/h4-9,12H,10-11H2,1-3H3,(H2,18,19,20,22). The first-order chi connectivity index (χ1) is 10.5. The van der Waals surface area contributed by atoms with Crippen molar-refractivity contribution in [3.8, 4) is 0 Å². The quantitative estimate of drug-likeness (QED) is 0.830. The van der Waals surface area contributed by atoms with Gasteiger partial charge in [-0.3, -0.25) is 0 Å². The van der Waals surface area contributed by atoms with Crippen molar-refractivity contribution in [1.29, 1.82) is 0 Å². The van der Waals surface area contributed by atoms with Crippen LogP contribution >= 0.6 is 12.2 Å². The van der Waals surface area contributed by atoms with Gasteiger partial charge >= 0.3 is 0 Å². The highest BCUT2D eigenvalue weighted by molar-refractivity contribution is 7.80. The zero-order chi connectivity index (χ0) is 15.9. The molecule has 0 saturated carbocycles. The van der Waals surface area contributed by atoms with E-state index in [0.29, 0.717) is 5.11 Å². The first-order valence-electron chi connectivity index (χ1n) is 7.30. The third kappa shape index (κ3) is 5.00. The van der Waals surface area contributed by atoms with Crippen LogP contribution in [0.3, 0.4) is 0 Å². The van der Waals surface area contributed by atoms with Gasteiger partial charge in [0.15, 0.2) is 5.11 Å². The largest absolute Gasteiger partial charge is 0.373 e. The van der Waals surface area contributed by atoms with Gasteiger partial charge in [-0.25, -0.2) is 4.98 Å². The first kappa shape index (κ1) is 16.2. The van der Waals surface area contributed by atoms with Gasteiger partial charge in [0.25, 0.3) is 0 Å². The topological polar surface area (TPSA) is 40.2 Å². The van der Waals surface area contributed by atoms with Gasteiger partial charge in [0.05, 0.1) is 0 Å². The molecule has 0 atom stereocenters. The minimum absolute atomic E-state index is 0.593. The summed E-state index contributed by atoms with van der Waals surface area (Å²) in [7, 11) is 2.07. The fourth-order valence-corrected chi connectivity index (χ4v) is 2.24. The zero-order valence-electron chi connectivity index (χ0n) is 13.3. The Hall–Kier alpha value is -2.14. The van der Waals surface area contributed by atoms with Crippen LogP contribution in [0, 0.1) is 13.8 Å². The summed E-state index contributed by atoms with van der Waals surface area (Å²) in [5.74, 6) is 0.768. The number of likely N-dealkylation sites (N-methyl/N-ethyl adjacent to an activating group) is 1. The molecule has 0 aliphatic carbocycles. The first-order valence-corrected chi connectivity index (χ1v) is 7.71. The molecule has 116 valence electrons. The van der Waals surface area contributed by atoms with E-state index < -0.39 is 0 Å². The number of pyridine rings is 1. The van der Waals surface area contributed by atoms with Crippen molar-refractivity contribution < 1.29 is 0 Å². The molecule has 2 N–H and O–H groups in total. The molecule has 0 radical (unpaired) electrons. The lowest BCUT2D eigenvalue weighted by Gasteiger charge is -2.20. The molecular weight excluding hydrogens is 292 g/mol. The van der Waals surface area contributed by atoms with Crippen LogP contribution in [0.1, 0.15) is 11.1 Å². The Morgan fingerprint density at radius 3 is 2.55 bits per heavy atom. The van der Waals surface area contributed by atoms with Crippen LogP contribution in [-0.4, -0.2) is 30.2 Å². The fraction of sp³-hybridized carbons (Fsp3) is 0.294. The second-order valence-electron chi connectivity index (χ2n) is 5.36. The van der Waals surface area contributed by atoms with Crippen LogP contribution in [0.4, 0.5) is 11.5 Å². The number of hydrogen-bond acceptors (Lipinski definition) is 3. The van der Waals surface area contributed by atoms with E-state index in [1.807, 2.05) is 19.1 Å². The van der Waals surface area contributed by atoms with Crippen molar-refractivity contribution in [1.82, 2.24) is 10.3 Å². The summed E-state index contributed by atoms with van der Waals surface area (Å²) in [5.41, 5.74) is 3.62. The van der Waals surface area contributed by atoms with E-state index >= 15 is 0 Å². The maximum Gasteiger partial charge on any atom is 0.172 e. The van der Waals surface area contributed by atoms with Gasteiger partial charge < -0.3 is 15.5 Å². The normalized spacial score (nSPS) is 10.1. The monoisotopic (exact) mass is 314 g/mol. The van der Waals surface area contributed by atoms with Gasteiger partial charge in [0, 0.05) is 32.0 Å². The predicted octanol–water partition coefficient (Wildman–Crippen LogP) is 3.12. The highest BCUT2D eigenvalue weighted by Crippen LogP contribution is 2.12. The minimum atomic E-state index is 0.593. The summed E-state index contributed by atoms with van der Waals surface area (Å²) in [6.07, 6.45) is 1.77. The number of aryl methyl sites for hydroxylation is 2. The van der Waals surface area contributed by atoms with Gasteiger partial charge in [-0.1, -0.05) is 17.7 Å². The molecule has 0 fully saturated rings. The number of nitrogens with zero attached hydrogens (tertiary/aromatic N) is 2. The van der Waals surface area contributed by atoms with Crippen LogP contribution in [-0.2, 0) is 0 Å². The fourth-order valence-electron chi connectivity index (χ4n) is 2.03. The van der Waals surface area contributed by atoms with E-state index in [4.69, 9.17) is 12.2 Å². The Morgan fingerprint density at radius 1 is 1.14 bits per heavy atom. The number of rotatable bonds is 5. The molecule has 0 saturated heterocycles. The summed E-state index contributed by atoms with van der Waals surface area (Å²) < 4.78 is 0. The molecule has 2 aromatic rings. The minimum Gasteiger partial charge on any atom is -0.373 e. The third-order valence-corrected chi connectivity index (χ3v) is 3.61. The highest BCUT2D eigenvalue weighted by Gasteiger charge is 2.02. The van der Waals surface area contributed by atoms with E-state index in [9.17, 15) is 0 Å². The lowest BCUT2D eigenvalue weighted by Crippen LogP contribution is -2.35. The summed E-state index contributed by atoms with van der Waals surface area (Å²) in [6.45, 7) is 5.75. The number of thiocarbonyl (C=S) groups is 1. The smallest absolute Gasteiger partial charge is 0.172 e. The number of nitrogens with one attached hydrogen (secondary N) is 2. The second-order valence-corrected chi connectivity index (χ2v) is 5.76. The molecular formula is C17H22N4S. The molecule has 22 heavy (non-hydrogen) atoms. The van der Waals surface area contributed by atoms with Crippen LogP contribution < -0.4 is 15.5 Å². The predicted molar refractivity (Wildman–Crippen MR) is 97.6 cm³/mol. The van der Waals surface area contributed by atoms with Crippen LogP contribution in [0.15, 0.2) is 42.6 Å². The second kappa shape index (κ2) is 7.75. The van der Waals surface area contributed by atoms with E-state index in [-0.39, 0.29) is 0 Å². The SMILES string of the molecule is Cc1ccc(N(C)CCNC(=S)Nc2cc(C)ccn2)cc1. The Bertz CT molecular complexity index is 625. The van der Waals surface area contributed by atoms with Crippen molar-refractivity contribution in [2.24, 2.45) is 0 Å². The lowest BCUT2D eigenvalue weighted by atomic mass is 10.2. The molecule has 4 nitrogen and oxygen atoms in total. The molecule has 5 heteroatoms. The molecule has 0 spiro atoms. The van der Waals surface area contributed by atoms with Crippen molar-refractivity contribution in [3.05, 3.63) is 53.7 Å². The van der Waals surface area contributed by atoms with Gasteiger partial charge in [0.1, 0.15) is 5.82 Å². The molecule has 1 aromatic heterocycles. The Kier molecular flexibility index (Phi) is 5.72. The molecule has 1 aromatic carbocycles. The van der Waals surface area contributed by atoms with Gasteiger partial charge in [-0.15, -0.1) is 0 Å². The average Bonchev–Trinajstić information content (AvgIpc) is 2.47. The zero-order valence-corrected chi connectivity index (χ0v) is 14.1. The number of aromatic nitrogens is 1. The number of anilines is 2. The van der Waals surface area contributed by atoms with Crippen LogP contribution in [0.5, 0.6) is 0 Å². The maximum absolute atomic E-state index is 5.28. The summed E-state index contributed by atoms with van der Waals surface area (Å²) >= 11 is 5.28. The van der Waals surface area contributed by atoms with Crippen LogP contribution in [0.2, 0.25) is 0 Å². The average molecular weight is 314 g/mol. The molecule has 2 rings (SSSR count). The van der Waals surface area contributed by atoms with Gasteiger partial charge in [0.2, 0.25) is 0 Å². The summed E-state index contributed by atoms with van der Waals surface area (Å²) in [6, 6.07) is 12.4. The molecule has 0 bridgehead atoms. The lowest BCUT2D eigenvalue weighted by molar-refractivity contribution is 0.827. The third-order valence-electron chi connectivity index (χ3n) is 3.36. The van der Waals surface area contributed by atoms with Crippen molar-refractivity contribution >= 4 is 28.8 Å². The van der Waals surface area contributed by atoms with Crippen molar-refractivity contribution in [3.63, 3.8) is 0 Å². The van der Waals surface area contributed by atoms with E-state index in [0.717, 1.165) is 24.5 Å². The van der Waals surface area contributed by atoms with Crippen LogP contribution in [0.25, 0.3) is 0 Å². The van der Waals surface area contributed by atoms with Crippen molar-refractivity contribution in [2.45, 2.75) is 13.8 Å². The number of benzene rings is 1. The van der Waals surface area contributed by atoms with E-state index in [1.165, 1.54) is 11.3 Å². The Morgan fingerprint density at radius 2 is 1.86 bits per heavy atom.